The predicted molar refractivity (Wildman–Crippen MR) is 72.6 cm³/mol. The van der Waals surface area contributed by atoms with Crippen LogP contribution in [0.15, 0.2) is 47.6 Å². The van der Waals surface area contributed by atoms with Gasteiger partial charge in [0.1, 0.15) is 0 Å². The Kier molecular flexibility index (Phi) is 4.30. The smallest absolute Gasteiger partial charge is 0.231 e. The van der Waals surface area contributed by atoms with Crippen LogP contribution in [-0.2, 0) is 11.2 Å². The van der Waals surface area contributed by atoms with E-state index in [1.165, 1.54) is 0 Å². The molecule has 1 N–H and O–H groups in total. The number of carbonyl (C=O) groups is 1. The Morgan fingerprint density at radius 3 is 2.67 bits per heavy atom. The number of hydrogen-bond acceptors (Lipinski definition) is 4. The topological polar surface area (TPSA) is 54.9 Å². The molecule has 0 bridgehead atoms. The monoisotopic (exact) mass is 259 g/mol. The molecule has 1 amide bonds. The number of benzene rings is 1. The summed E-state index contributed by atoms with van der Waals surface area (Å²) in [5.41, 5.74) is 1.01. The fourth-order valence-corrected chi connectivity index (χ4v) is 2.17. The molecular weight excluding hydrogens is 246 g/mol. The molecule has 0 aliphatic carbocycles. The summed E-state index contributed by atoms with van der Waals surface area (Å²) < 4.78 is 0. The first-order valence-electron chi connectivity index (χ1n) is 5.48. The second kappa shape index (κ2) is 6.16. The van der Waals surface area contributed by atoms with Crippen LogP contribution in [0.1, 0.15) is 5.56 Å². The molecule has 1 aromatic carbocycles. The Labute approximate surface area is 110 Å². The van der Waals surface area contributed by atoms with Gasteiger partial charge in [0.25, 0.3) is 0 Å². The van der Waals surface area contributed by atoms with Crippen molar-refractivity contribution in [1.29, 1.82) is 0 Å². The van der Waals surface area contributed by atoms with Crippen LogP contribution >= 0.6 is 11.8 Å². The molecule has 0 unspecified atom stereocenters. The Balaban J connectivity index is 2.03. The number of anilines is 1. The van der Waals surface area contributed by atoms with E-state index in [0.717, 1.165) is 10.5 Å². The van der Waals surface area contributed by atoms with Crippen LogP contribution < -0.4 is 5.32 Å². The maximum atomic E-state index is 11.8. The zero-order valence-corrected chi connectivity index (χ0v) is 10.8. The average molecular weight is 259 g/mol. The summed E-state index contributed by atoms with van der Waals surface area (Å²) in [6, 6.07) is 9.57. The van der Waals surface area contributed by atoms with Crippen molar-refractivity contribution in [3.05, 3.63) is 48.3 Å². The molecule has 0 spiro atoms. The zero-order chi connectivity index (χ0) is 12.8. The highest BCUT2D eigenvalue weighted by molar-refractivity contribution is 7.98. The van der Waals surface area contributed by atoms with Crippen molar-refractivity contribution in [2.75, 3.05) is 11.6 Å². The van der Waals surface area contributed by atoms with Gasteiger partial charge < -0.3 is 0 Å². The van der Waals surface area contributed by atoms with Crippen molar-refractivity contribution in [2.45, 2.75) is 11.3 Å². The van der Waals surface area contributed by atoms with Gasteiger partial charge in [-0.2, -0.15) is 0 Å². The Morgan fingerprint density at radius 2 is 1.94 bits per heavy atom. The molecule has 92 valence electrons. The highest BCUT2D eigenvalue weighted by Gasteiger charge is 2.08. The Bertz CT molecular complexity index is 531. The SMILES string of the molecule is CSc1ccccc1CC(=O)Nc1ncccn1. The third-order valence-corrected chi connectivity index (χ3v) is 3.20. The molecule has 0 fully saturated rings. The molecule has 1 aromatic heterocycles. The number of aromatic nitrogens is 2. The minimum absolute atomic E-state index is 0.109. The summed E-state index contributed by atoms with van der Waals surface area (Å²) in [5.74, 6) is 0.229. The number of carbonyl (C=O) groups excluding carboxylic acids is 1. The Hall–Kier alpha value is -1.88. The number of nitrogens with zero attached hydrogens (tertiary/aromatic N) is 2. The number of hydrogen-bond donors (Lipinski definition) is 1. The lowest BCUT2D eigenvalue weighted by atomic mass is 10.1. The molecule has 1 heterocycles. The van der Waals surface area contributed by atoms with E-state index < -0.39 is 0 Å². The third-order valence-electron chi connectivity index (χ3n) is 2.36. The molecule has 0 aliphatic heterocycles. The molecule has 18 heavy (non-hydrogen) atoms. The summed E-state index contributed by atoms with van der Waals surface area (Å²) in [7, 11) is 0. The zero-order valence-electron chi connectivity index (χ0n) is 9.96. The summed E-state index contributed by atoms with van der Waals surface area (Å²) in [6.07, 6.45) is 5.52. The van der Waals surface area contributed by atoms with Crippen molar-refractivity contribution >= 4 is 23.6 Å². The molecule has 0 saturated heterocycles. The van der Waals surface area contributed by atoms with Crippen molar-refractivity contribution in [1.82, 2.24) is 9.97 Å². The summed E-state index contributed by atoms with van der Waals surface area (Å²) in [4.78, 5) is 20.9. The van der Waals surface area contributed by atoms with Crippen LogP contribution in [0, 0.1) is 0 Å². The lowest BCUT2D eigenvalue weighted by molar-refractivity contribution is -0.115. The molecular formula is C13H13N3OS. The first kappa shape index (κ1) is 12.6. The lowest BCUT2D eigenvalue weighted by Gasteiger charge is -2.07. The van der Waals surface area contributed by atoms with Gasteiger partial charge >= 0.3 is 0 Å². The minimum atomic E-state index is -0.109. The first-order valence-corrected chi connectivity index (χ1v) is 6.71. The fraction of sp³-hybridized carbons (Fsp3) is 0.154. The van der Waals surface area contributed by atoms with Crippen LogP contribution in [0.25, 0.3) is 0 Å². The second-order valence-electron chi connectivity index (χ2n) is 3.61. The van der Waals surface area contributed by atoms with Crippen molar-refractivity contribution in [3.63, 3.8) is 0 Å². The van der Waals surface area contributed by atoms with Gasteiger partial charge in [0.2, 0.25) is 11.9 Å². The van der Waals surface area contributed by atoms with E-state index in [1.54, 1.807) is 30.2 Å². The second-order valence-corrected chi connectivity index (χ2v) is 4.46. The predicted octanol–water partition coefficient (Wildman–Crippen LogP) is 2.38. The van der Waals surface area contributed by atoms with E-state index in [1.807, 2.05) is 30.5 Å². The van der Waals surface area contributed by atoms with Gasteiger partial charge in [0.15, 0.2) is 0 Å². The van der Waals surface area contributed by atoms with Crippen LogP contribution in [0.4, 0.5) is 5.95 Å². The fourth-order valence-electron chi connectivity index (χ4n) is 1.55. The van der Waals surface area contributed by atoms with Gasteiger partial charge in [-0.3, -0.25) is 10.1 Å². The molecule has 0 saturated carbocycles. The molecule has 5 heteroatoms. The standard InChI is InChI=1S/C13H13N3OS/c1-18-11-6-3-2-5-10(11)9-12(17)16-13-14-7-4-8-15-13/h2-8H,9H2,1H3,(H,14,15,16,17). The third kappa shape index (κ3) is 3.30. The van der Waals surface area contributed by atoms with Crippen LogP contribution in [0.2, 0.25) is 0 Å². The van der Waals surface area contributed by atoms with Crippen LogP contribution in [-0.4, -0.2) is 22.1 Å². The normalized spacial score (nSPS) is 10.1. The van der Waals surface area contributed by atoms with Crippen molar-refractivity contribution in [2.24, 2.45) is 0 Å². The quantitative estimate of drug-likeness (QED) is 0.856. The summed E-state index contributed by atoms with van der Waals surface area (Å²) >= 11 is 1.63. The molecule has 0 radical (unpaired) electrons. The maximum absolute atomic E-state index is 11.8. The van der Waals surface area contributed by atoms with E-state index in [9.17, 15) is 4.79 Å². The summed E-state index contributed by atoms with van der Waals surface area (Å²) in [6.45, 7) is 0. The van der Waals surface area contributed by atoms with Gasteiger partial charge in [0, 0.05) is 17.3 Å². The van der Waals surface area contributed by atoms with Crippen molar-refractivity contribution < 1.29 is 4.79 Å². The highest BCUT2D eigenvalue weighted by atomic mass is 32.2. The van der Waals surface area contributed by atoms with Gasteiger partial charge in [-0.05, 0) is 24.0 Å². The molecule has 2 aromatic rings. The first-order chi connectivity index (χ1) is 8.79. The van der Waals surface area contributed by atoms with Gasteiger partial charge in [0.05, 0.1) is 6.42 Å². The van der Waals surface area contributed by atoms with E-state index in [2.05, 4.69) is 15.3 Å². The Morgan fingerprint density at radius 1 is 1.22 bits per heavy atom. The molecule has 0 aliphatic rings. The summed E-state index contributed by atoms with van der Waals surface area (Å²) in [5, 5.41) is 2.67. The van der Waals surface area contributed by atoms with E-state index in [4.69, 9.17) is 0 Å². The van der Waals surface area contributed by atoms with E-state index >= 15 is 0 Å². The molecule has 2 rings (SSSR count). The number of thioether (sulfide) groups is 1. The van der Waals surface area contributed by atoms with Gasteiger partial charge in [-0.25, -0.2) is 9.97 Å². The average Bonchev–Trinajstić information content (AvgIpc) is 2.40. The van der Waals surface area contributed by atoms with Gasteiger partial charge in [-0.15, -0.1) is 11.8 Å². The number of nitrogens with one attached hydrogen (secondary N) is 1. The maximum Gasteiger partial charge on any atom is 0.231 e. The number of rotatable bonds is 4. The van der Waals surface area contributed by atoms with Crippen molar-refractivity contribution in [3.8, 4) is 0 Å². The molecule has 4 nitrogen and oxygen atoms in total. The largest absolute Gasteiger partial charge is 0.294 e. The van der Waals surface area contributed by atoms with Crippen LogP contribution in [0.3, 0.4) is 0 Å². The minimum Gasteiger partial charge on any atom is -0.294 e. The van der Waals surface area contributed by atoms with E-state index in [-0.39, 0.29) is 5.91 Å². The lowest BCUT2D eigenvalue weighted by Crippen LogP contribution is -2.16. The number of amides is 1. The van der Waals surface area contributed by atoms with Gasteiger partial charge in [-0.1, -0.05) is 18.2 Å². The van der Waals surface area contributed by atoms with Crippen LogP contribution in [0.5, 0.6) is 0 Å². The van der Waals surface area contributed by atoms with E-state index in [0.29, 0.717) is 12.4 Å². The molecule has 0 atom stereocenters. The highest BCUT2D eigenvalue weighted by Crippen LogP contribution is 2.20.